The monoisotopic (exact) mass is 655 g/mol. The molecule has 3 aliphatic rings. The van der Waals surface area contributed by atoms with Crippen LogP contribution in [0.4, 0.5) is 0 Å². The van der Waals surface area contributed by atoms with Crippen LogP contribution in [0.2, 0.25) is 0 Å². The van der Waals surface area contributed by atoms with Crippen LogP contribution in [-0.2, 0) is 23.7 Å². The van der Waals surface area contributed by atoms with Gasteiger partial charge in [-0.2, -0.15) is 0 Å². The fourth-order valence-electron chi connectivity index (χ4n) is 5.83. The van der Waals surface area contributed by atoms with Crippen molar-refractivity contribution in [3.63, 3.8) is 0 Å². The third-order valence-corrected chi connectivity index (χ3v) is 8.52. The van der Waals surface area contributed by atoms with Crippen molar-refractivity contribution in [2.75, 3.05) is 32.8 Å². The zero-order valence-corrected chi connectivity index (χ0v) is 25.2. The number of hydrogen-bond acceptors (Lipinski definition) is 18. The summed E-state index contributed by atoms with van der Waals surface area (Å²) in [6, 6.07) is -3.95. The lowest BCUT2D eigenvalue weighted by molar-refractivity contribution is -0.316. The summed E-state index contributed by atoms with van der Waals surface area (Å²) in [6.45, 7) is -0.304. The number of nitrogens with one attached hydrogen (secondary N) is 2. The molecule has 0 bridgehead atoms. The summed E-state index contributed by atoms with van der Waals surface area (Å²) in [5.74, 6) is -0.807. The number of ether oxygens (including phenoxy) is 4. The van der Waals surface area contributed by atoms with Gasteiger partial charge in [0.05, 0.1) is 43.0 Å². The third kappa shape index (κ3) is 9.67. The molecule has 0 aromatic rings. The van der Waals surface area contributed by atoms with Gasteiger partial charge in [0.2, 0.25) is 5.91 Å². The summed E-state index contributed by atoms with van der Waals surface area (Å²) in [5.41, 5.74) is 29.1. The SMILES string of the molecule is NCCC(O)CN[C@@H]1C[C@H](O)[C@@H](CN)O[C@@H]1O[C@H]1[C@H](O)[C@@H](O[C@H]2O[C@H](CO)[C@@H](O)[C@H](N)[C@H]2O)[C@H](NC(=O)[C@@H](O)CCN)C[C@@H]1N. The van der Waals surface area contributed by atoms with Crippen molar-refractivity contribution in [2.45, 2.75) is 123 Å². The summed E-state index contributed by atoms with van der Waals surface area (Å²) in [6.07, 6.45) is -14.8. The lowest BCUT2D eigenvalue weighted by Gasteiger charge is -2.49. The van der Waals surface area contributed by atoms with E-state index >= 15 is 0 Å². The molecule has 0 radical (unpaired) electrons. The Morgan fingerprint density at radius 1 is 0.844 bits per heavy atom. The van der Waals surface area contributed by atoms with Gasteiger partial charge in [-0.15, -0.1) is 0 Å². The number of hydrogen-bond donors (Lipinski definition) is 14. The molecule has 19 N–H and O–H groups in total. The van der Waals surface area contributed by atoms with Gasteiger partial charge in [0.25, 0.3) is 0 Å². The van der Waals surface area contributed by atoms with Crippen LogP contribution in [0.5, 0.6) is 0 Å². The first-order valence-corrected chi connectivity index (χ1v) is 15.3. The summed E-state index contributed by atoms with van der Waals surface area (Å²) in [4.78, 5) is 12.7. The van der Waals surface area contributed by atoms with Gasteiger partial charge in [-0.05, 0) is 38.8 Å². The van der Waals surface area contributed by atoms with E-state index < -0.39 is 110 Å². The van der Waals surface area contributed by atoms with E-state index in [0.29, 0.717) is 6.42 Å². The Balaban J connectivity index is 1.85. The highest BCUT2D eigenvalue weighted by Gasteiger charge is 2.51. The molecular weight excluding hydrogens is 602 g/mol. The second-order valence-corrected chi connectivity index (χ2v) is 11.9. The summed E-state index contributed by atoms with van der Waals surface area (Å²) in [5, 5.41) is 78.8. The number of amides is 1. The highest BCUT2D eigenvalue weighted by molar-refractivity contribution is 5.80. The molecule has 2 aliphatic heterocycles. The molecule has 19 heteroatoms. The van der Waals surface area contributed by atoms with Gasteiger partial charge >= 0.3 is 0 Å². The quantitative estimate of drug-likeness (QED) is 0.0778. The van der Waals surface area contributed by atoms with Crippen molar-refractivity contribution < 1.29 is 59.5 Å². The first-order chi connectivity index (χ1) is 21.4. The molecule has 19 nitrogen and oxygen atoms in total. The Kier molecular flexibility index (Phi) is 15.1. The number of aliphatic hydroxyl groups excluding tert-OH is 7. The van der Waals surface area contributed by atoms with Crippen LogP contribution in [0, 0.1) is 0 Å². The summed E-state index contributed by atoms with van der Waals surface area (Å²) in [7, 11) is 0. The van der Waals surface area contributed by atoms with Crippen molar-refractivity contribution >= 4 is 5.91 Å². The van der Waals surface area contributed by atoms with Crippen LogP contribution in [0.25, 0.3) is 0 Å². The van der Waals surface area contributed by atoms with Crippen LogP contribution in [0.15, 0.2) is 0 Å². The van der Waals surface area contributed by atoms with E-state index in [4.69, 9.17) is 47.6 Å². The first-order valence-electron chi connectivity index (χ1n) is 15.3. The average molecular weight is 656 g/mol. The molecule has 3 rings (SSSR count). The molecule has 0 aromatic heterocycles. The maximum absolute atomic E-state index is 12.7. The second-order valence-electron chi connectivity index (χ2n) is 11.9. The van der Waals surface area contributed by atoms with Crippen molar-refractivity contribution in [1.82, 2.24) is 10.6 Å². The molecule has 45 heavy (non-hydrogen) atoms. The van der Waals surface area contributed by atoms with Crippen molar-refractivity contribution in [3.8, 4) is 0 Å². The average Bonchev–Trinajstić information content (AvgIpc) is 3.00. The van der Waals surface area contributed by atoms with Crippen LogP contribution >= 0.6 is 0 Å². The minimum Gasteiger partial charge on any atom is -0.394 e. The van der Waals surface area contributed by atoms with Crippen molar-refractivity contribution in [3.05, 3.63) is 0 Å². The van der Waals surface area contributed by atoms with Gasteiger partial charge in [-0.1, -0.05) is 0 Å². The van der Waals surface area contributed by atoms with E-state index in [-0.39, 0.29) is 45.4 Å². The Morgan fingerprint density at radius 2 is 1.49 bits per heavy atom. The highest BCUT2D eigenvalue weighted by Crippen LogP contribution is 2.32. The third-order valence-electron chi connectivity index (χ3n) is 8.52. The minimum atomic E-state index is -1.62. The molecule has 264 valence electrons. The maximum atomic E-state index is 12.7. The van der Waals surface area contributed by atoms with E-state index in [9.17, 15) is 40.5 Å². The van der Waals surface area contributed by atoms with E-state index in [1.54, 1.807) is 0 Å². The molecule has 1 saturated carbocycles. The first kappa shape index (κ1) is 38.2. The van der Waals surface area contributed by atoms with Crippen LogP contribution < -0.4 is 39.3 Å². The second kappa shape index (κ2) is 17.8. The molecule has 16 atom stereocenters. The van der Waals surface area contributed by atoms with Crippen LogP contribution in [-0.4, -0.2) is 172 Å². The van der Waals surface area contributed by atoms with Gasteiger partial charge in [0.1, 0.15) is 42.7 Å². The van der Waals surface area contributed by atoms with Gasteiger partial charge in [-0.25, -0.2) is 0 Å². The molecule has 3 fully saturated rings. The Hall–Kier alpha value is -1.21. The Morgan fingerprint density at radius 3 is 2.11 bits per heavy atom. The number of carbonyl (C=O) groups is 1. The smallest absolute Gasteiger partial charge is 0.249 e. The lowest BCUT2D eigenvalue weighted by atomic mass is 9.83. The zero-order chi connectivity index (χ0) is 33.4. The summed E-state index contributed by atoms with van der Waals surface area (Å²) >= 11 is 0. The standard InChI is InChI=1S/C26H53N7O12/c27-3-1-10(35)8-32-13-6-15(37)16(7-29)42-25(13)44-22-11(30)5-12(33-24(41)14(36)2-4-28)23(21(22)40)45-26-20(39)18(31)19(38)17(9-34)43-26/h10-23,25-26,32,34-40H,1-9,27-31H2,(H,33,41)/t10?,11-,12+,13+,14-,15-,16+,17+,18-,19+,20+,21-,22+,23-,25+,26+/m0/s1. The molecule has 2 heterocycles. The lowest BCUT2D eigenvalue weighted by Crippen LogP contribution is -2.69. The topological polar surface area (TPSA) is 350 Å². The molecule has 0 aromatic carbocycles. The molecule has 0 spiro atoms. The van der Waals surface area contributed by atoms with Gasteiger partial charge in [-0.3, -0.25) is 4.79 Å². The normalized spacial score (nSPS) is 42.2. The van der Waals surface area contributed by atoms with E-state index in [0.717, 1.165) is 0 Å². The molecule has 1 amide bonds. The molecule has 1 aliphatic carbocycles. The van der Waals surface area contributed by atoms with E-state index in [2.05, 4.69) is 10.6 Å². The molecule has 1 unspecified atom stereocenters. The molecular formula is C26H53N7O12. The predicted octanol–water partition coefficient (Wildman–Crippen LogP) is -8.09. The maximum Gasteiger partial charge on any atom is 0.249 e. The Bertz CT molecular complexity index is 899. The largest absolute Gasteiger partial charge is 0.394 e. The Labute approximate surface area is 261 Å². The van der Waals surface area contributed by atoms with Gasteiger partial charge in [0, 0.05) is 19.1 Å². The van der Waals surface area contributed by atoms with Crippen LogP contribution in [0.1, 0.15) is 25.7 Å². The van der Waals surface area contributed by atoms with Crippen molar-refractivity contribution in [2.24, 2.45) is 28.7 Å². The molecule has 2 saturated heterocycles. The zero-order valence-electron chi connectivity index (χ0n) is 25.2. The number of carbonyl (C=O) groups excluding carboxylic acids is 1. The highest BCUT2D eigenvalue weighted by atomic mass is 16.7. The van der Waals surface area contributed by atoms with Crippen molar-refractivity contribution in [1.29, 1.82) is 0 Å². The predicted molar refractivity (Wildman–Crippen MR) is 155 cm³/mol. The number of rotatable bonds is 15. The number of aliphatic hydroxyl groups is 7. The fraction of sp³-hybridized carbons (Fsp3) is 0.962. The fourth-order valence-corrected chi connectivity index (χ4v) is 5.83. The van der Waals surface area contributed by atoms with Gasteiger partial charge < -0.3 is 94.0 Å². The number of nitrogens with two attached hydrogens (primary N) is 5. The van der Waals surface area contributed by atoms with E-state index in [1.165, 1.54) is 0 Å². The minimum absolute atomic E-state index is 0.0282. The van der Waals surface area contributed by atoms with Gasteiger partial charge in [0.15, 0.2) is 12.6 Å². The van der Waals surface area contributed by atoms with Crippen LogP contribution in [0.3, 0.4) is 0 Å². The summed E-state index contributed by atoms with van der Waals surface area (Å²) < 4.78 is 23.7. The van der Waals surface area contributed by atoms with E-state index in [1.807, 2.05) is 0 Å².